The molecule has 170 valence electrons. The number of carbonyl (C=O) groups is 1. The van der Waals surface area contributed by atoms with E-state index < -0.39 is 16.0 Å². The van der Waals surface area contributed by atoms with Crippen LogP contribution in [0.2, 0.25) is 5.02 Å². The SMILES string of the molecule is Cc1cc(Cc2cc3cc(Cl)cnc3n2S(=O)(=O)c2ccc(C(C)C)cc2)ccc1C(=O)O. The fraction of sp³-hybridized carbons (Fsp3) is 0.200. The Bertz CT molecular complexity index is 1470. The van der Waals surface area contributed by atoms with Gasteiger partial charge in [0, 0.05) is 23.7 Å². The van der Waals surface area contributed by atoms with Gasteiger partial charge in [-0.2, -0.15) is 0 Å². The zero-order chi connectivity index (χ0) is 23.9. The molecule has 0 aliphatic carbocycles. The van der Waals surface area contributed by atoms with E-state index in [9.17, 15) is 18.3 Å². The van der Waals surface area contributed by atoms with Gasteiger partial charge in [0.1, 0.15) is 0 Å². The summed E-state index contributed by atoms with van der Waals surface area (Å²) in [6, 6.07) is 15.3. The van der Waals surface area contributed by atoms with E-state index in [1.165, 1.54) is 16.2 Å². The molecule has 4 rings (SSSR count). The summed E-state index contributed by atoms with van der Waals surface area (Å²) in [4.78, 5) is 15.8. The number of aryl methyl sites for hydroxylation is 1. The van der Waals surface area contributed by atoms with Crippen LogP contribution in [0.1, 0.15) is 52.5 Å². The lowest BCUT2D eigenvalue weighted by molar-refractivity contribution is 0.0696. The molecule has 2 aromatic carbocycles. The number of benzene rings is 2. The summed E-state index contributed by atoms with van der Waals surface area (Å²) in [5, 5.41) is 10.3. The second-order valence-corrected chi connectivity index (χ2v) is 10.5. The van der Waals surface area contributed by atoms with E-state index in [0.29, 0.717) is 27.3 Å². The third-order valence-corrected chi connectivity index (χ3v) is 7.59. The van der Waals surface area contributed by atoms with Crippen molar-refractivity contribution in [2.24, 2.45) is 0 Å². The predicted octanol–water partition coefficient (Wildman–Crippen LogP) is 5.65. The van der Waals surface area contributed by atoms with E-state index in [0.717, 1.165) is 11.1 Å². The molecule has 2 aromatic heterocycles. The zero-order valence-corrected chi connectivity index (χ0v) is 20.0. The van der Waals surface area contributed by atoms with E-state index in [1.54, 1.807) is 43.3 Å². The Labute approximate surface area is 197 Å². The molecule has 0 fully saturated rings. The Balaban J connectivity index is 1.86. The van der Waals surface area contributed by atoms with Gasteiger partial charge in [0.25, 0.3) is 10.0 Å². The van der Waals surface area contributed by atoms with Crippen molar-refractivity contribution in [2.75, 3.05) is 0 Å². The van der Waals surface area contributed by atoms with Gasteiger partial charge in [-0.25, -0.2) is 22.2 Å². The highest BCUT2D eigenvalue weighted by Crippen LogP contribution is 2.29. The molecule has 0 atom stereocenters. The predicted molar refractivity (Wildman–Crippen MR) is 129 cm³/mol. The molecule has 0 spiro atoms. The van der Waals surface area contributed by atoms with Gasteiger partial charge in [0.2, 0.25) is 0 Å². The first-order valence-corrected chi connectivity index (χ1v) is 12.2. The minimum absolute atomic E-state index is 0.166. The number of fused-ring (bicyclic) bond motifs is 1. The molecule has 33 heavy (non-hydrogen) atoms. The lowest BCUT2D eigenvalue weighted by Crippen LogP contribution is -2.16. The Hall–Kier alpha value is -3.16. The van der Waals surface area contributed by atoms with Crippen LogP contribution < -0.4 is 0 Å². The van der Waals surface area contributed by atoms with Crippen molar-refractivity contribution in [3.05, 3.63) is 93.8 Å². The van der Waals surface area contributed by atoms with Crippen molar-refractivity contribution in [3.8, 4) is 0 Å². The highest BCUT2D eigenvalue weighted by atomic mass is 35.5. The monoisotopic (exact) mass is 482 g/mol. The van der Waals surface area contributed by atoms with E-state index in [4.69, 9.17) is 11.6 Å². The van der Waals surface area contributed by atoms with Crippen molar-refractivity contribution in [3.63, 3.8) is 0 Å². The van der Waals surface area contributed by atoms with Crippen LogP contribution in [-0.4, -0.2) is 28.5 Å². The van der Waals surface area contributed by atoms with Crippen molar-refractivity contribution < 1.29 is 18.3 Å². The van der Waals surface area contributed by atoms with E-state index in [-0.39, 0.29) is 22.8 Å². The Kier molecular flexibility index (Phi) is 6.03. The number of carboxylic acid groups (broad SMARTS) is 1. The summed E-state index contributed by atoms with van der Waals surface area (Å²) in [6.45, 7) is 5.82. The molecule has 0 saturated heterocycles. The van der Waals surface area contributed by atoms with Gasteiger partial charge in [-0.1, -0.05) is 49.7 Å². The third kappa shape index (κ3) is 4.38. The number of aromatic nitrogens is 2. The first-order valence-electron chi connectivity index (χ1n) is 10.4. The van der Waals surface area contributed by atoms with Gasteiger partial charge < -0.3 is 5.11 Å². The number of rotatable bonds is 6. The van der Waals surface area contributed by atoms with Gasteiger partial charge in [0.15, 0.2) is 5.65 Å². The minimum Gasteiger partial charge on any atom is -0.478 e. The standard InChI is InChI=1S/C25H23ClN2O4S/c1-15(2)18-5-7-22(8-6-18)33(31,32)28-21(13-19-12-20(26)14-27-24(19)28)11-17-4-9-23(25(29)30)16(3)10-17/h4-10,12-15H,11H2,1-3H3,(H,29,30). The average molecular weight is 483 g/mol. The number of pyridine rings is 1. The molecule has 0 saturated carbocycles. The average Bonchev–Trinajstić information content (AvgIpc) is 3.11. The van der Waals surface area contributed by atoms with Crippen molar-refractivity contribution in [1.29, 1.82) is 0 Å². The maximum Gasteiger partial charge on any atom is 0.335 e. The molecule has 2 heterocycles. The summed E-state index contributed by atoms with van der Waals surface area (Å²) in [6.07, 6.45) is 1.70. The molecule has 0 aliphatic heterocycles. The highest BCUT2D eigenvalue weighted by molar-refractivity contribution is 7.90. The fourth-order valence-electron chi connectivity index (χ4n) is 3.90. The maximum absolute atomic E-state index is 13.7. The number of halogens is 1. The van der Waals surface area contributed by atoms with Crippen LogP contribution >= 0.6 is 11.6 Å². The van der Waals surface area contributed by atoms with Crippen molar-refractivity contribution in [1.82, 2.24) is 8.96 Å². The molecule has 8 heteroatoms. The first-order chi connectivity index (χ1) is 15.6. The largest absolute Gasteiger partial charge is 0.478 e. The van der Waals surface area contributed by atoms with Gasteiger partial charge in [-0.15, -0.1) is 0 Å². The summed E-state index contributed by atoms with van der Waals surface area (Å²) >= 11 is 6.11. The molecular weight excluding hydrogens is 460 g/mol. The lowest BCUT2D eigenvalue weighted by atomic mass is 10.0. The number of hydrogen-bond donors (Lipinski definition) is 1. The Morgan fingerprint density at radius 1 is 1.09 bits per heavy atom. The second kappa shape index (κ2) is 8.65. The summed E-state index contributed by atoms with van der Waals surface area (Å²) in [5.41, 5.74) is 3.46. The third-order valence-electron chi connectivity index (χ3n) is 5.63. The normalized spacial score (nSPS) is 11.9. The van der Waals surface area contributed by atoms with Crippen LogP contribution in [0.3, 0.4) is 0 Å². The molecule has 0 amide bonds. The van der Waals surface area contributed by atoms with Crippen LogP contribution in [0.15, 0.2) is 65.7 Å². The molecule has 0 bridgehead atoms. The molecule has 0 aliphatic rings. The first kappa shape index (κ1) is 23.0. The van der Waals surface area contributed by atoms with Crippen LogP contribution in [0.4, 0.5) is 0 Å². The van der Waals surface area contributed by atoms with Crippen LogP contribution in [0, 0.1) is 6.92 Å². The molecular formula is C25H23ClN2O4S. The maximum atomic E-state index is 13.7. The van der Waals surface area contributed by atoms with Gasteiger partial charge in [-0.05, 0) is 59.9 Å². The summed E-state index contributed by atoms with van der Waals surface area (Å²) in [5.74, 6) is -0.718. The summed E-state index contributed by atoms with van der Waals surface area (Å²) < 4.78 is 28.7. The topological polar surface area (TPSA) is 89.3 Å². The molecule has 0 unspecified atom stereocenters. The van der Waals surface area contributed by atoms with E-state index in [2.05, 4.69) is 4.98 Å². The quantitative estimate of drug-likeness (QED) is 0.383. The zero-order valence-electron chi connectivity index (χ0n) is 18.4. The van der Waals surface area contributed by atoms with Crippen LogP contribution in [0.25, 0.3) is 11.0 Å². The van der Waals surface area contributed by atoms with Crippen molar-refractivity contribution >= 4 is 38.6 Å². The molecule has 0 radical (unpaired) electrons. The van der Waals surface area contributed by atoms with E-state index in [1.807, 2.05) is 26.0 Å². The molecule has 1 N–H and O–H groups in total. The van der Waals surface area contributed by atoms with Crippen molar-refractivity contribution in [2.45, 2.75) is 38.0 Å². The second-order valence-electron chi connectivity index (χ2n) is 8.33. The van der Waals surface area contributed by atoms with Crippen LogP contribution in [0.5, 0.6) is 0 Å². The van der Waals surface area contributed by atoms with E-state index >= 15 is 0 Å². The van der Waals surface area contributed by atoms with Gasteiger partial charge in [-0.3, -0.25) is 0 Å². The fourth-order valence-corrected chi connectivity index (χ4v) is 5.57. The van der Waals surface area contributed by atoms with Crippen LogP contribution in [-0.2, 0) is 16.4 Å². The lowest BCUT2D eigenvalue weighted by Gasteiger charge is -2.13. The number of aromatic carboxylic acids is 1. The minimum atomic E-state index is -3.94. The van der Waals surface area contributed by atoms with Gasteiger partial charge >= 0.3 is 5.97 Å². The Morgan fingerprint density at radius 3 is 2.39 bits per heavy atom. The number of nitrogens with zero attached hydrogens (tertiary/aromatic N) is 2. The summed E-state index contributed by atoms with van der Waals surface area (Å²) in [7, 11) is -3.94. The number of carboxylic acids is 1. The Morgan fingerprint density at radius 2 is 1.79 bits per heavy atom. The van der Waals surface area contributed by atoms with Gasteiger partial charge in [0.05, 0.1) is 15.5 Å². The smallest absolute Gasteiger partial charge is 0.335 e. The number of hydrogen-bond acceptors (Lipinski definition) is 4. The molecule has 4 aromatic rings. The molecule has 6 nitrogen and oxygen atoms in total. The highest BCUT2D eigenvalue weighted by Gasteiger charge is 2.24.